The number of nitrogens with zero attached hydrogens (tertiary/aromatic N) is 2. The first-order valence-electron chi connectivity index (χ1n) is 10.7. The molecule has 182 valence electrons. The van der Waals surface area contributed by atoms with Crippen molar-refractivity contribution in [1.82, 2.24) is 5.32 Å². The predicted molar refractivity (Wildman–Crippen MR) is 124 cm³/mol. The predicted octanol–water partition coefficient (Wildman–Crippen LogP) is 3.19. The Morgan fingerprint density at radius 1 is 1.24 bits per heavy atom. The van der Waals surface area contributed by atoms with Crippen LogP contribution in [0.1, 0.15) is 6.92 Å². The molecule has 4 rings (SSSR count). The van der Waals surface area contributed by atoms with Crippen LogP contribution in [-0.4, -0.2) is 56.6 Å². The van der Waals surface area contributed by atoms with Gasteiger partial charge in [0, 0.05) is 32.1 Å². The third-order valence-electron chi connectivity index (χ3n) is 5.69. The van der Waals surface area contributed by atoms with E-state index < -0.39 is 31.2 Å². The number of hydrogen-bond donors (Lipinski definition) is 2. The summed E-state index contributed by atoms with van der Waals surface area (Å²) >= 11 is 0. The molecule has 2 heterocycles. The van der Waals surface area contributed by atoms with E-state index in [0.29, 0.717) is 11.4 Å². The van der Waals surface area contributed by atoms with E-state index in [9.17, 15) is 22.9 Å². The molecule has 2 fully saturated rings. The van der Waals surface area contributed by atoms with Crippen molar-refractivity contribution < 1.29 is 32.2 Å². The van der Waals surface area contributed by atoms with Crippen molar-refractivity contribution in [2.75, 3.05) is 54.0 Å². The van der Waals surface area contributed by atoms with Gasteiger partial charge >= 0.3 is 6.09 Å². The van der Waals surface area contributed by atoms with Crippen LogP contribution < -0.4 is 25.4 Å². The fourth-order valence-corrected chi connectivity index (χ4v) is 5.96. The maximum Gasteiger partial charge on any atom is 0.414 e. The Labute approximate surface area is 195 Å². The van der Waals surface area contributed by atoms with Crippen LogP contribution in [0.3, 0.4) is 0 Å². The van der Waals surface area contributed by atoms with Crippen molar-refractivity contribution in [3.63, 3.8) is 0 Å². The third kappa shape index (κ3) is 5.09. The molecule has 34 heavy (non-hydrogen) atoms. The van der Waals surface area contributed by atoms with E-state index in [2.05, 4.69) is 5.32 Å². The van der Waals surface area contributed by atoms with Crippen LogP contribution in [0, 0.1) is 11.6 Å². The number of cyclic esters (lactones) is 1. The lowest BCUT2D eigenvalue weighted by atomic mass is 10.2. The molecular formula is C22H25F2N4O5P. The van der Waals surface area contributed by atoms with Gasteiger partial charge in [-0.25, -0.2) is 13.6 Å². The number of carbonyl (C=O) groups excluding carboxylic acids is 2. The van der Waals surface area contributed by atoms with Gasteiger partial charge in [-0.2, -0.15) is 0 Å². The Morgan fingerprint density at radius 3 is 2.50 bits per heavy atom. The summed E-state index contributed by atoms with van der Waals surface area (Å²) in [6, 6.07) is 8.86. The average Bonchev–Trinajstić information content (AvgIpc) is 3.15. The van der Waals surface area contributed by atoms with Crippen molar-refractivity contribution in [2.24, 2.45) is 0 Å². The summed E-state index contributed by atoms with van der Waals surface area (Å²) in [7, 11) is -3.07. The van der Waals surface area contributed by atoms with Crippen LogP contribution in [-0.2, 0) is 14.1 Å². The minimum atomic E-state index is -3.07. The number of carbonyl (C=O) groups is 2. The number of ether oxygens (including phenoxy) is 1. The lowest BCUT2D eigenvalue weighted by Gasteiger charge is -2.34. The highest BCUT2D eigenvalue weighted by atomic mass is 31.2. The zero-order valence-corrected chi connectivity index (χ0v) is 19.4. The molecule has 1 atom stereocenters. The number of halogens is 2. The second-order valence-corrected chi connectivity index (χ2v) is 10.9. The molecule has 2 aliphatic heterocycles. The van der Waals surface area contributed by atoms with Gasteiger partial charge in [-0.3, -0.25) is 14.3 Å². The summed E-state index contributed by atoms with van der Waals surface area (Å²) in [5.74, 6) is -1.65. The Hall–Kier alpha value is -3.33. The molecule has 2 aromatic carbocycles. The molecule has 0 saturated carbocycles. The molecule has 12 heteroatoms. The van der Waals surface area contributed by atoms with E-state index in [0.717, 1.165) is 17.0 Å². The fourth-order valence-electron chi connectivity index (χ4n) is 3.93. The van der Waals surface area contributed by atoms with Crippen molar-refractivity contribution in [1.29, 1.82) is 0 Å². The van der Waals surface area contributed by atoms with Gasteiger partial charge in [0.2, 0.25) is 5.91 Å². The standard InChI is InChI=1S/C22H25F2N4O5P/c1-14(29)26-12-16-13-28(22(30)32-16)15-10-17(23)21(18(24)11-15)27-6-8-34(31,9-7-27)33-20-5-3-2-4-19(20)25/h2-5,10-11,16H,6-9,12-13,25H2,1H3,(H,26,29)/t16-/m0/s1. The van der Waals surface area contributed by atoms with E-state index in [4.69, 9.17) is 15.0 Å². The summed E-state index contributed by atoms with van der Waals surface area (Å²) in [5, 5.41) is 2.54. The zero-order valence-electron chi connectivity index (χ0n) is 18.5. The number of benzene rings is 2. The topological polar surface area (TPSA) is 114 Å². The average molecular weight is 494 g/mol. The Bertz CT molecular complexity index is 1130. The number of nitrogen functional groups attached to an aromatic ring is 1. The number of nitrogens with two attached hydrogens (primary N) is 1. The Morgan fingerprint density at radius 2 is 1.88 bits per heavy atom. The smallest absolute Gasteiger partial charge is 0.414 e. The molecule has 0 bridgehead atoms. The van der Waals surface area contributed by atoms with E-state index in [1.807, 2.05) is 0 Å². The maximum atomic E-state index is 15.0. The first-order valence-corrected chi connectivity index (χ1v) is 12.7. The zero-order chi connectivity index (χ0) is 24.5. The van der Waals surface area contributed by atoms with Crippen LogP contribution in [0.5, 0.6) is 5.75 Å². The second-order valence-electron chi connectivity index (χ2n) is 8.19. The van der Waals surface area contributed by atoms with Crippen LogP contribution in [0.15, 0.2) is 36.4 Å². The van der Waals surface area contributed by atoms with Crippen molar-refractivity contribution >= 4 is 36.4 Å². The summed E-state index contributed by atoms with van der Waals surface area (Å²) in [6.45, 7) is 1.74. The van der Waals surface area contributed by atoms with Gasteiger partial charge in [-0.1, -0.05) is 12.1 Å². The van der Waals surface area contributed by atoms with Crippen LogP contribution in [0.25, 0.3) is 0 Å². The van der Waals surface area contributed by atoms with Gasteiger partial charge in [-0.05, 0) is 12.1 Å². The summed E-state index contributed by atoms with van der Waals surface area (Å²) < 4.78 is 53.9. The van der Waals surface area contributed by atoms with Gasteiger partial charge in [0.25, 0.3) is 7.37 Å². The van der Waals surface area contributed by atoms with Gasteiger partial charge in [0.1, 0.15) is 17.5 Å². The molecule has 2 amide bonds. The SMILES string of the molecule is CC(=O)NC[C@H]1CN(c2cc(F)c(N3CCP(=O)(Oc4ccccc4N)CC3)c(F)c2)C(=O)O1. The highest BCUT2D eigenvalue weighted by Gasteiger charge is 2.36. The molecule has 0 spiro atoms. The first-order chi connectivity index (χ1) is 16.1. The number of amides is 2. The highest BCUT2D eigenvalue weighted by molar-refractivity contribution is 7.59. The summed E-state index contributed by atoms with van der Waals surface area (Å²) in [6.07, 6.45) is -1.17. The van der Waals surface area contributed by atoms with E-state index in [1.165, 1.54) is 11.8 Å². The Balaban J connectivity index is 1.44. The number of para-hydroxylation sites is 2. The Kier molecular flexibility index (Phi) is 6.65. The minimum absolute atomic E-state index is 0.0136. The second kappa shape index (κ2) is 9.50. The molecular weight excluding hydrogens is 469 g/mol. The highest BCUT2D eigenvalue weighted by Crippen LogP contribution is 2.50. The maximum absolute atomic E-state index is 15.0. The van der Waals surface area contributed by atoms with E-state index in [-0.39, 0.29) is 55.8 Å². The monoisotopic (exact) mass is 494 g/mol. The van der Waals surface area contributed by atoms with Gasteiger partial charge in [0.05, 0.1) is 36.8 Å². The molecule has 3 N–H and O–H groups in total. The number of nitrogens with one attached hydrogen (secondary N) is 1. The van der Waals surface area contributed by atoms with Gasteiger partial charge in [-0.15, -0.1) is 0 Å². The normalized spacial score (nSPS) is 19.6. The first kappa shape index (κ1) is 23.8. The molecule has 2 aromatic rings. The van der Waals surface area contributed by atoms with Crippen molar-refractivity contribution in [3.8, 4) is 5.75 Å². The van der Waals surface area contributed by atoms with Crippen LogP contribution in [0.2, 0.25) is 0 Å². The van der Waals surface area contributed by atoms with E-state index >= 15 is 0 Å². The number of rotatable bonds is 6. The number of hydrogen-bond acceptors (Lipinski definition) is 7. The lowest BCUT2D eigenvalue weighted by Crippen LogP contribution is -2.37. The van der Waals surface area contributed by atoms with Gasteiger partial charge < -0.3 is 25.2 Å². The molecule has 2 saturated heterocycles. The summed E-state index contributed by atoms with van der Waals surface area (Å²) in [5.41, 5.74) is 5.99. The summed E-state index contributed by atoms with van der Waals surface area (Å²) in [4.78, 5) is 25.8. The van der Waals surface area contributed by atoms with Crippen molar-refractivity contribution in [3.05, 3.63) is 48.0 Å². The number of anilines is 3. The molecule has 2 aliphatic rings. The quantitative estimate of drug-likeness (QED) is 0.468. The minimum Gasteiger partial charge on any atom is -0.442 e. The largest absolute Gasteiger partial charge is 0.442 e. The van der Waals surface area contributed by atoms with Crippen LogP contribution in [0.4, 0.5) is 30.6 Å². The molecule has 0 unspecified atom stereocenters. The van der Waals surface area contributed by atoms with Crippen molar-refractivity contribution in [2.45, 2.75) is 13.0 Å². The van der Waals surface area contributed by atoms with E-state index in [1.54, 1.807) is 24.3 Å². The molecule has 0 aliphatic carbocycles. The van der Waals surface area contributed by atoms with Crippen LogP contribution >= 0.6 is 7.37 Å². The molecule has 0 radical (unpaired) electrons. The molecule has 0 aromatic heterocycles. The third-order valence-corrected chi connectivity index (χ3v) is 7.98. The fraction of sp³-hybridized carbons (Fsp3) is 0.364. The lowest BCUT2D eigenvalue weighted by molar-refractivity contribution is -0.119. The van der Waals surface area contributed by atoms with Gasteiger partial charge in [0.15, 0.2) is 11.6 Å². The molecule has 9 nitrogen and oxygen atoms in total.